The molecule has 0 radical (unpaired) electrons. The van der Waals surface area contributed by atoms with E-state index in [2.05, 4.69) is 22.5 Å². The molecule has 0 bridgehead atoms. The van der Waals surface area contributed by atoms with Gasteiger partial charge in [0, 0.05) is 18.6 Å². The van der Waals surface area contributed by atoms with E-state index in [4.69, 9.17) is 4.74 Å². The molecule has 1 aliphatic heterocycles. The van der Waals surface area contributed by atoms with Crippen molar-refractivity contribution in [3.05, 3.63) is 0 Å². The van der Waals surface area contributed by atoms with Crippen LogP contribution in [0.3, 0.4) is 0 Å². The van der Waals surface area contributed by atoms with Crippen LogP contribution in [0, 0.1) is 5.92 Å². The summed E-state index contributed by atoms with van der Waals surface area (Å²) in [7, 11) is 4.01. The molecule has 0 aromatic carbocycles. The zero-order valence-electron chi connectivity index (χ0n) is 12.0. The van der Waals surface area contributed by atoms with E-state index >= 15 is 0 Å². The number of carbonyl (C=O) groups excluding carboxylic acids is 1. The van der Waals surface area contributed by atoms with Gasteiger partial charge in [-0.2, -0.15) is 0 Å². The lowest BCUT2D eigenvalue weighted by Gasteiger charge is -2.23. The van der Waals surface area contributed by atoms with Crippen molar-refractivity contribution < 1.29 is 9.53 Å². The van der Waals surface area contributed by atoms with Gasteiger partial charge in [0.25, 0.3) is 0 Å². The van der Waals surface area contributed by atoms with E-state index in [9.17, 15) is 4.79 Å². The molecule has 3 atom stereocenters. The Morgan fingerprint density at radius 3 is 2.78 bits per heavy atom. The second kappa shape index (κ2) is 7.71. The molecule has 0 aliphatic carbocycles. The summed E-state index contributed by atoms with van der Waals surface area (Å²) in [5.41, 5.74) is 0. The van der Waals surface area contributed by atoms with Crippen LogP contribution in [0.4, 0.5) is 0 Å². The largest absolute Gasteiger partial charge is 0.379 e. The molecule has 106 valence electrons. The minimum Gasteiger partial charge on any atom is -0.379 e. The molecular formula is C13H27N3O2. The number of ether oxygens (including phenoxy) is 1. The third-order valence-corrected chi connectivity index (χ3v) is 3.10. The minimum absolute atomic E-state index is 0.0545. The quantitative estimate of drug-likeness (QED) is 0.677. The Morgan fingerprint density at radius 1 is 1.44 bits per heavy atom. The Kier molecular flexibility index (Phi) is 6.60. The van der Waals surface area contributed by atoms with E-state index < -0.39 is 0 Å². The van der Waals surface area contributed by atoms with E-state index in [-0.39, 0.29) is 23.9 Å². The molecule has 0 saturated carbocycles. The average molecular weight is 257 g/mol. The molecule has 18 heavy (non-hydrogen) atoms. The van der Waals surface area contributed by atoms with Crippen LogP contribution in [0.2, 0.25) is 0 Å². The van der Waals surface area contributed by atoms with Gasteiger partial charge in [-0.25, -0.2) is 0 Å². The second-order valence-corrected chi connectivity index (χ2v) is 5.38. The maximum Gasteiger partial charge on any atom is 0.227 e. The number of hydrogen-bond acceptors (Lipinski definition) is 4. The van der Waals surface area contributed by atoms with Crippen LogP contribution < -0.4 is 10.6 Å². The van der Waals surface area contributed by atoms with E-state index in [1.54, 1.807) is 0 Å². The van der Waals surface area contributed by atoms with Crippen LogP contribution in [0.5, 0.6) is 0 Å². The lowest BCUT2D eigenvalue weighted by molar-refractivity contribution is -0.126. The number of likely N-dealkylation sites (N-methyl/N-ethyl adjacent to an activating group) is 1. The highest BCUT2D eigenvalue weighted by atomic mass is 16.5. The molecule has 0 aromatic rings. The summed E-state index contributed by atoms with van der Waals surface area (Å²) in [6.07, 6.45) is 1.07. The molecule has 0 spiro atoms. The highest BCUT2D eigenvalue weighted by molar-refractivity contribution is 5.80. The molecule has 1 fully saturated rings. The van der Waals surface area contributed by atoms with E-state index in [1.807, 2.05) is 21.0 Å². The number of rotatable bonds is 7. The van der Waals surface area contributed by atoms with Crippen LogP contribution in [-0.2, 0) is 9.53 Å². The minimum atomic E-state index is -0.0545. The third-order valence-electron chi connectivity index (χ3n) is 3.10. The number of nitrogens with one attached hydrogen (secondary N) is 2. The molecule has 5 heteroatoms. The molecule has 1 heterocycles. The fourth-order valence-electron chi connectivity index (χ4n) is 2.29. The van der Waals surface area contributed by atoms with Gasteiger partial charge in [0.1, 0.15) is 0 Å². The molecule has 1 saturated heterocycles. The number of nitrogens with zero attached hydrogens (tertiary/aromatic N) is 1. The summed E-state index contributed by atoms with van der Waals surface area (Å²) in [6.45, 7) is 7.11. The Labute approximate surface area is 110 Å². The lowest BCUT2D eigenvalue weighted by Crippen LogP contribution is -2.48. The SMILES string of the molecule is CCCNC1COCC1C(=O)NC(C)CN(C)C. The first kappa shape index (κ1) is 15.4. The van der Waals surface area contributed by atoms with Gasteiger partial charge in [0.05, 0.1) is 19.1 Å². The van der Waals surface area contributed by atoms with Gasteiger partial charge >= 0.3 is 0 Å². The van der Waals surface area contributed by atoms with Crippen LogP contribution in [-0.4, -0.2) is 63.3 Å². The van der Waals surface area contributed by atoms with Crippen LogP contribution in [0.25, 0.3) is 0 Å². The van der Waals surface area contributed by atoms with Crippen molar-refractivity contribution in [1.82, 2.24) is 15.5 Å². The predicted octanol–water partition coefficient (Wildman–Crippen LogP) is 0.0673. The van der Waals surface area contributed by atoms with E-state index in [0.29, 0.717) is 13.2 Å². The van der Waals surface area contributed by atoms with Crippen molar-refractivity contribution in [2.24, 2.45) is 5.92 Å². The predicted molar refractivity (Wildman–Crippen MR) is 72.5 cm³/mol. The summed E-state index contributed by atoms with van der Waals surface area (Å²) in [5.74, 6) is 0.0524. The summed E-state index contributed by atoms with van der Waals surface area (Å²) in [5, 5.41) is 6.44. The molecule has 1 amide bonds. The number of amides is 1. The Hall–Kier alpha value is -0.650. The van der Waals surface area contributed by atoms with Gasteiger partial charge in [-0.05, 0) is 34.0 Å². The lowest BCUT2D eigenvalue weighted by atomic mass is 10.0. The van der Waals surface area contributed by atoms with Crippen molar-refractivity contribution in [2.45, 2.75) is 32.4 Å². The molecule has 5 nitrogen and oxygen atoms in total. The first-order valence-electron chi connectivity index (χ1n) is 6.80. The smallest absolute Gasteiger partial charge is 0.227 e. The molecule has 2 N–H and O–H groups in total. The van der Waals surface area contributed by atoms with Gasteiger partial charge in [-0.15, -0.1) is 0 Å². The van der Waals surface area contributed by atoms with Crippen molar-refractivity contribution in [1.29, 1.82) is 0 Å². The highest BCUT2D eigenvalue weighted by Crippen LogP contribution is 2.14. The first-order valence-corrected chi connectivity index (χ1v) is 6.80. The van der Waals surface area contributed by atoms with Gasteiger partial charge in [0.15, 0.2) is 0 Å². The van der Waals surface area contributed by atoms with Crippen molar-refractivity contribution in [2.75, 3.05) is 40.4 Å². The van der Waals surface area contributed by atoms with Gasteiger partial charge in [0.2, 0.25) is 5.91 Å². The van der Waals surface area contributed by atoms with Gasteiger partial charge in [-0.1, -0.05) is 6.92 Å². The topological polar surface area (TPSA) is 53.6 Å². The fraction of sp³-hybridized carbons (Fsp3) is 0.923. The zero-order chi connectivity index (χ0) is 13.5. The van der Waals surface area contributed by atoms with Crippen LogP contribution in [0.15, 0.2) is 0 Å². The Morgan fingerprint density at radius 2 is 2.17 bits per heavy atom. The number of carbonyl (C=O) groups is 1. The summed E-state index contributed by atoms with van der Waals surface area (Å²) in [6, 6.07) is 0.330. The van der Waals surface area contributed by atoms with E-state index in [0.717, 1.165) is 19.5 Å². The average Bonchev–Trinajstić information content (AvgIpc) is 2.72. The van der Waals surface area contributed by atoms with E-state index in [1.165, 1.54) is 0 Å². The molecule has 0 aromatic heterocycles. The van der Waals surface area contributed by atoms with Crippen molar-refractivity contribution in [3.63, 3.8) is 0 Å². The highest BCUT2D eigenvalue weighted by Gasteiger charge is 2.33. The standard InChI is InChI=1S/C13H27N3O2/c1-5-6-14-12-9-18-8-11(12)13(17)15-10(2)7-16(3)4/h10-12,14H,5-9H2,1-4H3,(H,15,17). The molecular weight excluding hydrogens is 230 g/mol. The molecule has 1 aliphatic rings. The first-order chi connectivity index (χ1) is 8.54. The van der Waals surface area contributed by atoms with Crippen LogP contribution in [0.1, 0.15) is 20.3 Å². The molecule has 1 rings (SSSR count). The zero-order valence-corrected chi connectivity index (χ0v) is 12.0. The summed E-state index contributed by atoms with van der Waals surface area (Å²) < 4.78 is 5.42. The van der Waals surface area contributed by atoms with Crippen molar-refractivity contribution >= 4 is 5.91 Å². The third kappa shape index (κ3) is 4.92. The monoisotopic (exact) mass is 257 g/mol. The van der Waals surface area contributed by atoms with Gasteiger partial charge in [-0.3, -0.25) is 4.79 Å². The fourth-order valence-corrected chi connectivity index (χ4v) is 2.29. The summed E-state index contributed by atoms with van der Waals surface area (Å²) in [4.78, 5) is 14.2. The van der Waals surface area contributed by atoms with Crippen molar-refractivity contribution in [3.8, 4) is 0 Å². The number of hydrogen-bond donors (Lipinski definition) is 2. The Bertz CT molecular complexity index is 259. The normalized spacial score (nSPS) is 25.4. The van der Waals surface area contributed by atoms with Gasteiger partial charge < -0.3 is 20.3 Å². The maximum atomic E-state index is 12.2. The molecule has 3 unspecified atom stereocenters. The maximum absolute atomic E-state index is 12.2. The second-order valence-electron chi connectivity index (χ2n) is 5.38. The van der Waals surface area contributed by atoms with Crippen LogP contribution >= 0.6 is 0 Å². The summed E-state index contributed by atoms with van der Waals surface area (Å²) >= 11 is 0. The Balaban J connectivity index is 2.39.